The van der Waals surface area contributed by atoms with Crippen LogP contribution in [-0.2, 0) is 6.54 Å². The number of aromatic nitrogens is 4. The van der Waals surface area contributed by atoms with Crippen molar-refractivity contribution in [1.29, 1.82) is 0 Å². The van der Waals surface area contributed by atoms with Gasteiger partial charge in [0.15, 0.2) is 10.6 Å². The summed E-state index contributed by atoms with van der Waals surface area (Å²) in [4.78, 5) is 4.02. The van der Waals surface area contributed by atoms with Crippen LogP contribution < -0.4 is 0 Å². The SMILES string of the molecule is CC(C)C(C)Cn1c(-c2ccncc2)n[nH]c1=S. The maximum Gasteiger partial charge on any atom is 0.195 e. The van der Waals surface area contributed by atoms with Crippen LogP contribution >= 0.6 is 12.2 Å². The fourth-order valence-electron chi connectivity index (χ4n) is 1.71. The standard InChI is InChI=1S/C13H18N4S/c1-9(2)10(3)8-17-12(15-16-13(17)18)11-4-6-14-7-5-11/h4-7,9-10H,8H2,1-3H3,(H,16,18). The normalized spacial score (nSPS) is 12.9. The van der Waals surface area contributed by atoms with E-state index in [2.05, 4.69) is 40.5 Å². The number of pyridine rings is 1. The van der Waals surface area contributed by atoms with E-state index in [-0.39, 0.29) is 0 Å². The Hall–Kier alpha value is -1.49. The maximum absolute atomic E-state index is 5.31. The molecule has 1 unspecified atom stereocenters. The molecule has 0 saturated carbocycles. The van der Waals surface area contributed by atoms with Gasteiger partial charge in [0.1, 0.15) is 0 Å². The summed E-state index contributed by atoms with van der Waals surface area (Å²) in [7, 11) is 0. The second kappa shape index (κ2) is 5.44. The lowest BCUT2D eigenvalue weighted by atomic mass is 9.98. The van der Waals surface area contributed by atoms with Crippen LogP contribution in [-0.4, -0.2) is 19.7 Å². The Morgan fingerprint density at radius 2 is 1.94 bits per heavy atom. The first kappa shape index (κ1) is 13.0. The molecule has 0 aromatic carbocycles. The highest BCUT2D eigenvalue weighted by Crippen LogP contribution is 2.19. The van der Waals surface area contributed by atoms with E-state index in [1.54, 1.807) is 12.4 Å². The molecule has 2 aromatic heterocycles. The van der Waals surface area contributed by atoms with Gasteiger partial charge in [0.2, 0.25) is 0 Å². The zero-order valence-corrected chi connectivity index (χ0v) is 11.7. The second-order valence-corrected chi connectivity index (χ2v) is 5.31. The van der Waals surface area contributed by atoms with Crippen LogP contribution in [0.25, 0.3) is 11.4 Å². The summed E-state index contributed by atoms with van der Waals surface area (Å²) in [6.07, 6.45) is 3.53. The van der Waals surface area contributed by atoms with Gasteiger partial charge >= 0.3 is 0 Å². The molecule has 5 heteroatoms. The zero-order chi connectivity index (χ0) is 13.1. The molecule has 2 aromatic rings. The summed E-state index contributed by atoms with van der Waals surface area (Å²) >= 11 is 5.31. The molecule has 1 N–H and O–H groups in total. The Morgan fingerprint density at radius 1 is 1.28 bits per heavy atom. The molecule has 0 aliphatic rings. The van der Waals surface area contributed by atoms with E-state index in [1.807, 2.05) is 12.1 Å². The largest absolute Gasteiger partial charge is 0.300 e. The van der Waals surface area contributed by atoms with Crippen LogP contribution in [0.3, 0.4) is 0 Å². The van der Waals surface area contributed by atoms with E-state index in [4.69, 9.17) is 12.2 Å². The minimum Gasteiger partial charge on any atom is -0.300 e. The molecule has 0 aliphatic heterocycles. The molecule has 2 rings (SSSR count). The highest BCUT2D eigenvalue weighted by Gasteiger charge is 2.13. The van der Waals surface area contributed by atoms with Crippen molar-refractivity contribution in [2.75, 3.05) is 0 Å². The van der Waals surface area contributed by atoms with E-state index < -0.39 is 0 Å². The molecule has 0 amide bonds. The van der Waals surface area contributed by atoms with Crippen molar-refractivity contribution in [2.24, 2.45) is 11.8 Å². The number of rotatable bonds is 4. The quantitative estimate of drug-likeness (QED) is 0.860. The third-order valence-corrected chi connectivity index (χ3v) is 3.62. The minimum absolute atomic E-state index is 0.551. The first-order valence-electron chi connectivity index (χ1n) is 6.15. The first-order valence-corrected chi connectivity index (χ1v) is 6.56. The van der Waals surface area contributed by atoms with Crippen molar-refractivity contribution in [3.8, 4) is 11.4 Å². The van der Waals surface area contributed by atoms with E-state index in [0.717, 1.165) is 17.9 Å². The van der Waals surface area contributed by atoms with Crippen LogP contribution in [0.4, 0.5) is 0 Å². The molecule has 18 heavy (non-hydrogen) atoms. The minimum atomic E-state index is 0.551. The summed E-state index contributed by atoms with van der Waals surface area (Å²) in [6.45, 7) is 7.56. The van der Waals surface area contributed by atoms with Crippen molar-refractivity contribution in [3.63, 3.8) is 0 Å². The van der Waals surface area contributed by atoms with Crippen LogP contribution in [0.1, 0.15) is 20.8 Å². The summed E-state index contributed by atoms with van der Waals surface area (Å²) in [5.74, 6) is 2.05. The van der Waals surface area contributed by atoms with Crippen molar-refractivity contribution < 1.29 is 0 Å². The monoisotopic (exact) mass is 262 g/mol. The third-order valence-electron chi connectivity index (χ3n) is 3.31. The lowest BCUT2D eigenvalue weighted by Crippen LogP contribution is -2.14. The molecule has 0 bridgehead atoms. The molecule has 0 saturated heterocycles. The average molecular weight is 262 g/mol. The van der Waals surface area contributed by atoms with Gasteiger partial charge in [-0.3, -0.25) is 14.6 Å². The van der Waals surface area contributed by atoms with E-state index in [1.165, 1.54) is 0 Å². The molecule has 4 nitrogen and oxygen atoms in total. The third kappa shape index (κ3) is 2.67. The fourth-order valence-corrected chi connectivity index (χ4v) is 1.91. The van der Waals surface area contributed by atoms with Gasteiger partial charge in [-0.2, -0.15) is 5.10 Å². The van der Waals surface area contributed by atoms with Crippen LogP contribution in [0, 0.1) is 16.6 Å². The Bertz CT molecular complexity index is 556. The summed E-state index contributed by atoms with van der Waals surface area (Å²) < 4.78 is 2.74. The van der Waals surface area contributed by atoms with Crippen molar-refractivity contribution in [2.45, 2.75) is 27.3 Å². The highest BCUT2D eigenvalue weighted by atomic mass is 32.1. The lowest BCUT2D eigenvalue weighted by Gasteiger charge is -2.17. The fraction of sp³-hybridized carbons (Fsp3) is 0.462. The Balaban J connectivity index is 2.37. The number of hydrogen-bond acceptors (Lipinski definition) is 3. The van der Waals surface area contributed by atoms with E-state index in [0.29, 0.717) is 16.6 Å². The predicted molar refractivity (Wildman–Crippen MR) is 74.6 cm³/mol. The smallest absolute Gasteiger partial charge is 0.195 e. The molecule has 0 fully saturated rings. The van der Waals surface area contributed by atoms with Crippen molar-refractivity contribution in [3.05, 3.63) is 29.3 Å². The number of aromatic amines is 1. The average Bonchev–Trinajstić information content (AvgIpc) is 2.72. The summed E-state index contributed by atoms with van der Waals surface area (Å²) in [5.41, 5.74) is 1.04. The van der Waals surface area contributed by atoms with Gasteiger partial charge < -0.3 is 0 Å². The molecule has 0 spiro atoms. The summed E-state index contributed by atoms with van der Waals surface area (Å²) in [5, 5.41) is 7.19. The zero-order valence-electron chi connectivity index (χ0n) is 10.9. The topological polar surface area (TPSA) is 46.5 Å². The molecule has 0 radical (unpaired) electrons. The molecule has 0 aliphatic carbocycles. The first-order chi connectivity index (χ1) is 8.59. The molecule has 2 heterocycles. The molecular weight excluding hydrogens is 244 g/mol. The number of nitrogens with one attached hydrogen (secondary N) is 1. The van der Waals surface area contributed by atoms with Crippen LogP contribution in [0.15, 0.2) is 24.5 Å². The number of nitrogens with zero attached hydrogens (tertiary/aromatic N) is 3. The van der Waals surface area contributed by atoms with Gasteiger partial charge in [0.05, 0.1) is 0 Å². The van der Waals surface area contributed by atoms with Crippen molar-refractivity contribution in [1.82, 2.24) is 19.7 Å². The van der Waals surface area contributed by atoms with Gasteiger partial charge in [-0.05, 0) is 36.2 Å². The Labute approximate surface area is 112 Å². The Kier molecular flexibility index (Phi) is 3.91. The van der Waals surface area contributed by atoms with Gasteiger partial charge in [0.25, 0.3) is 0 Å². The Morgan fingerprint density at radius 3 is 2.56 bits per heavy atom. The molecule has 96 valence electrons. The van der Waals surface area contributed by atoms with Crippen LogP contribution in [0.5, 0.6) is 0 Å². The summed E-state index contributed by atoms with van der Waals surface area (Å²) in [6, 6.07) is 3.89. The van der Waals surface area contributed by atoms with Gasteiger partial charge in [-0.1, -0.05) is 20.8 Å². The number of hydrogen-bond donors (Lipinski definition) is 1. The maximum atomic E-state index is 5.31. The van der Waals surface area contributed by atoms with Crippen LogP contribution in [0.2, 0.25) is 0 Å². The predicted octanol–water partition coefficient (Wildman–Crippen LogP) is 3.29. The van der Waals surface area contributed by atoms with Gasteiger partial charge in [-0.15, -0.1) is 0 Å². The van der Waals surface area contributed by atoms with Crippen molar-refractivity contribution >= 4 is 12.2 Å². The molecule has 1 atom stereocenters. The van der Waals surface area contributed by atoms with E-state index >= 15 is 0 Å². The molecular formula is C13H18N4S. The van der Waals surface area contributed by atoms with E-state index in [9.17, 15) is 0 Å². The van der Waals surface area contributed by atoms with Gasteiger partial charge in [0, 0.05) is 24.5 Å². The van der Waals surface area contributed by atoms with Gasteiger partial charge in [-0.25, -0.2) is 0 Å². The second-order valence-electron chi connectivity index (χ2n) is 4.92. The lowest BCUT2D eigenvalue weighted by molar-refractivity contribution is 0.364. The number of H-pyrrole nitrogens is 1. The highest BCUT2D eigenvalue weighted by molar-refractivity contribution is 7.71.